The Kier molecular flexibility index (Phi) is 4.90. The van der Waals surface area contributed by atoms with Crippen molar-refractivity contribution in [2.24, 2.45) is 0 Å². The van der Waals surface area contributed by atoms with Crippen molar-refractivity contribution in [3.05, 3.63) is 35.0 Å². The van der Waals surface area contributed by atoms with Crippen LogP contribution in [0.2, 0.25) is 0 Å². The molecule has 1 heterocycles. The fourth-order valence-electron chi connectivity index (χ4n) is 1.68. The van der Waals surface area contributed by atoms with Gasteiger partial charge in [0.25, 0.3) is 0 Å². The normalized spacial score (nSPS) is 12.5. The van der Waals surface area contributed by atoms with Crippen LogP contribution in [0.4, 0.5) is 0 Å². The Morgan fingerprint density at radius 3 is 2.94 bits per heavy atom. The van der Waals surface area contributed by atoms with Crippen molar-refractivity contribution in [2.75, 3.05) is 19.9 Å². The molecule has 0 saturated heterocycles. The van der Waals surface area contributed by atoms with Crippen LogP contribution in [0, 0.1) is 0 Å². The first kappa shape index (κ1) is 13.2. The Bertz CT molecular complexity index is 423. The molecular weight excluding hydrogens is 298 g/mol. The minimum absolute atomic E-state index is 0.303. The zero-order chi connectivity index (χ0) is 12.8. The Hall–Kier alpha value is -1.20. The maximum absolute atomic E-state index is 5.35. The summed E-state index contributed by atoms with van der Waals surface area (Å²) in [6.07, 6.45) is 2.42. The fourth-order valence-corrected chi connectivity index (χ4v) is 2.14. The molecular formula is C13H16BrNO3. The van der Waals surface area contributed by atoms with E-state index in [1.807, 2.05) is 12.1 Å². The standard InChI is InChI=1S/C13H16BrNO3/c1-2-16-5-3-4-15-8-10-6-12-13(7-11(10)14)18-9-17-12/h2,6-7,15H,1,3-5,8-9H2. The largest absolute Gasteiger partial charge is 0.502 e. The van der Waals surface area contributed by atoms with Gasteiger partial charge in [-0.05, 0) is 30.7 Å². The third-order valence-electron chi connectivity index (χ3n) is 2.59. The average molecular weight is 314 g/mol. The smallest absolute Gasteiger partial charge is 0.231 e. The minimum atomic E-state index is 0.303. The van der Waals surface area contributed by atoms with Gasteiger partial charge in [-0.1, -0.05) is 22.5 Å². The number of hydrogen-bond acceptors (Lipinski definition) is 4. The lowest BCUT2D eigenvalue weighted by Gasteiger charge is -2.08. The second-order valence-corrected chi connectivity index (χ2v) is 4.72. The zero-order valence-electron chi connectivity index (χ0n) is 10.1. The van der Waals surface area contributed by atoms with Crippen LogP contribution in [0.1, 0.15) is 12.0 Å². The van der Waals surface area contributed by atoms with E-state index in [0.29, 0.717) is 13.4 Å². The molecule has 5 heteroatoms. The summed E-state index contributed by atoms with van der Waals surface area (Å²) in [7, 11) is 0. The van der Waals surface area contributed by atoms with E-state index >= 15 is 0 Å². The Morgan fingerprint density at radius 2 is 2.17 bits per heavy atom. The molecule has 1 aliphatic rings. The SMILES string of the molecule is C=COCCCNCc1cc2c(cc1Br)OCO2. The summed E-state index contributed by atoms with van der Waals surface area (Å²) in [4.78, 5) is 0. The van der Waals surface area contributed by atoms with E-state index in [9.17, 15) is 0 Å². The zero-order valence-corrected chi connectivity index (χ0v) is 11.7. The van der Waals surface area contributed by atoms with Crippen LogP contribution in [-0.4, -0.2) is 19.9 Å². The van der Waals surface area contributed by atoms with Crippen molar-refractivity contribution in [3.8, 4) is 11.5 Å². The molecule has 0 fully saturated rings. The van der Waals surface area contributed by atoms with Gasteiger partial charge in [0.2, 0.25) is 6.79 Å². The molecule has 0 amide bonds. The van der Waals surface area contributed by atoms with Crippen LogP contribution < -0.4 is 14.8 Å². The first-order valence-corrected chi connectivity index (χ1v) is 6.62. The number of fused-ring (bicyclic) bond motifs is 1. The van der Waals surface area contributed by atoms with Gasteiger partial charge in [0, 0.05) is 11.0 Å². The minimum Gasteiger partial charge on any atom is -0.502 e. The van der Waals surface area contributed by atoms with Crippen molar-refractivity contribution >= 4 is 15.9 Å². The second kappa shape index (κ2) is 6.66. The van der Waals surface area contributed by atoms with Gasteiger partial charge in [-0.2, -0.15) is 0 Å². The van der Waals surface area contributed by atoms with Crippen molar-refractivity contribution in [2.45, 2.75) is 13.0 Å². The first-order valence-electron chi connectivity index (χ1n) is 5.82. The highest BCUT2D eigenvalue weighted by Crippen LogP contribution is 2.36. The summed E-state index contributed by atoms with van der Waals surface area (Å²) in [5.74, 6) is 1.61. The molecule has 0 bridgehead atoms. The molecule has 0 aliphatic carbocycles. The molecule has 0 saturated carbocycles. The molecule has 1 aromatic rings. The van der Waals surface area contributed by atoms with Crippen LogP contribution in [0.15, 0.2) is 29.4 Å². The van der Waals surface area contributed by atoms with E-state index in [1.165, 1.54) is 6.26 Å². The van der Waals surface area contributed by atoms with E-state index in [-0.39, 0.29) is 0 Å². The van der Waals surface area contributed by atoms with Crippen molar-refractivity contribution in [1.82, 2.24) is 5.32 Å². The van der Waals surface area contributed by atoms with E-state index < -0.39 is 0 Å². The average Bonchev–Trinajstić information content (AvgIpc) is 2.80. The number of benzene rings is 1. The number of nitrogens with one attached hydrogen (secondary N) is 1. The van der Waals surface area contributed by atoms with E-state index in [2.05, 4.69) is 27.8 Å². The molecule has 0 atom stereocenters. The lowest BCUT2D eigenvalue weighted by molar-refractivity contribution is 0.174. The Morgan fingerprint density at radius 1 is 1.39 bits per heavy atom. The molecule has 0 unspecified atom stereocenters. The monoisotopic (exact) mass is 313 g/mol. The predicted molar refractivity (Wildman–Crippen MR) is 72.7 cm³/mol. The Balaban J connectivity index is 1.80. The number of rotatable bonds is 7. The van der Waals surface area contributed by atoms with Gasteiger partial charge in [-0.3, -0.25) is 0 Å². The molecule has 1 aliphatic heterocycles. The van der Waals surface area contributed by atoms with E-state index in [4.69, 9.17) is 14.2 Å². The highest BCUT2D eigenvalue weighted by atomic mass is 79.9. The van der Waals surface area contributed by atoms with Gasteiger partial charge in [0.1, 0.15) is 0 Å². The molecule has 98 valence electrons. The molecule has 1 N–H and O–H groups in total. The van der Waals surface area contributed by atoms with Crippen molar-refractivity contribution in [1.29, 1.82) is 0 Å². The van der Waals surface area contributed by atoms with Crippen LogP contribution in [0.3, 0.4) is 0 Å². The lowest BCUT2D eigenvalue weighted by atomic mass is 10.2. The molecule has 1 aromatic carbocycles. The Labute approximate surface area is 115 Å². The van der Waals surface area contributed by atoms with Gasteiger partial charge in [-0.25, -0.2) is 0 Å². The summed E-state index contributed by atoms with van der Waals surface area (Å²) >= 11 is 3.53. The molecule has 0 spiro atoms. The maximum atomic E-state index is 5.35. The quantitative estimate of drug-likeness (QED) is 0.620. The molecule has 2 rings (SSSR count). The van der Waals surface area contributed by atoms with Crippen molar-refractivity contribution < 1.29 is 14.2 Å². The van der Waals surface area contributed by atoms with Gasteiger partial charge >= 0.3 is 0 Å². The lowest BCUT2D eigenvalue weighted by Crippen LogP contribution is -2.16. The van der Waals surface area contributed by atoms with Gasteiger partial charge in [0.15, 0.2) is 11.5 Å². The fraction of sp³-hybridized carbons (Fsp3) is 0.385. The molecule has 0 radical (unpaired) electrons. The maximum Gasteiger partial charge on any atom is 0.231 e. The highest BCUT2D eigenvalue weighted by molar-refractivity contribution is 9.10. The predicted octanol–water partition coefficient (Wildman–Crippen LogP) is 2.82. The number of ether oxygens (including phenoxy) is 3. The van der Waals surface area contributed by atoms with Gasteiger partial charge in [-0.15, -0.1) is 0 Å². The first-order chi connectivity index (χ1) is 8.81. The van der Waals surface area contributed by atoms with Gasteiger partial charge < -0.3 is 19.5 Å². The summed E-state index contributed by atoms with van der Waals surface area (Å²) in [6.45, 7) is 6.17. The summed E-state index contributed by atoms with van der Waals surface area (Å²) < 4.78 is 16.7. The number of halogens is 1. The summed E-state index contributed by atoms with van der Waals surface area (Å²) in [5, 5.41) is 3.35. The molecule has 0 aromatic heterocycles. The second-order valence-electron chi connectivity index (χ2n) is 3.86. The number of hydrogen-bond donors (Lipinski definition) is 1. The summed E-state index contributed by atoms with van der Waals surface area (Å²) in [6, 6.07) is 3.94. The summed E-state index contributed by atoms with van der Waals surface area (Å²) in [5.41, 5.74) is 1.16. The highest BCUT2D eigenvalue weighted by Gasteiger charge is 2.15. The topological polar surface area (TPSA) is 39.7 Å². The van der Waals surface area contributed by atoms with E-state index in [0.717, 1.165) is 41.0 Å². The third kappa shape index (κ3) is 3.40. The van der Waals surface area contributed by atoms with Gasteiger partial charge in [0.05, 0.1) is 12.9 Å². The van der Waals surface area contributed by atoms with Crippen LogP contribution in [-0.2, 0) is 11.3 Å². The van der Waals surface area contributed by atoms with Crippen LogP contribution >= 0.6 is 15.9 Å². The van der Waals surface area contributed by atoms with Crippen LogP contribution in [0.25, 0.3) is 0 Å². The van der Waals surface area contributed by atoms with Crippen LogP contribution in [0.5, 0.6) is 11.5 Å². The molecule has 18 heavy (non-hydrogen) atoms. The van der Waals surface area contributed by atoms with E-state index in [1.54, 1.807) is 0 Å². The van der Waals surface area contributed by atoms with Crippen molar-refractivity contribution in [3.63, 3.8) is 0 Å². The third-order valence-corrected chi connectivity index (χ3v) is 3.33. The molecule has 4 nitrogen and oxygen atoms in total.